The van der Waals surface area contributed by atoms with E-state index in [-0.39, 0.29) is 10.6 Å². The summed E-state index contributed by atoms with van der Waals surface area (Å²) < 4.78 is 2.14. The van der Waals surface area contributed by atoms with Gasteiger partial charge < -0.3 is 4.57 Å². The third-order valence-corrected chi connectivity index (χ3v) is 4.88. The maximum absolute atomic E-state index is 11.5. The van der Waals surface area contributed by atoms with E-state index in [4.69, 9.17) is 0 Å². The van der Waals surface area contributed by atoms with E-state index in [1.54, 1.807) is 12.1 Å². The average Bonchev–Trinajstić information content (AvgIpc) is 3.09. The maximum Gasteiger partial charge on any atom is 0.277 e. The van der Waals surface area contributed by atoms with Crippen molar-refractivity contribution in [3.8, 4) is 5.69 Å². The molecule has 26 heavy (non-hydrogen) atoms. The SMILES string of the molecule is O=[N+]([O-])c1cccc2ccc3cc4c(ccn4-c4ccccc4)cc3c12. The molecule has 124 valence electrons. The molecular weight excluding hydrogens is 324 g/mol. The van der Waals surface area contributed by atoms with Crippen molar-refractivity contribution in [3.05, 3.63) is 95.2 Å². The molecule has 0 saturated carbocycles. The van der Waals surface area contributed by atoms with Gasteiger partial charge in [0, 0.05) is 23.3 Å². The monoisotopic (exact) mass is 338 g/mol. The summed E-state index contributed by atoms with van der Waals surface area (Å²) in [5.41, 5.74) is 2.32. The van der Waals surface area contributed by atoms with E-state index in [0.29, 0.717) is 5.39 Å². The first-order valence-electron chi connectivity index (χ1n) is 8.39. The number of nitro groups is 1. The second-order valence-corrected chi connectivity index (χ2v) is 6.35. The van der Waals surface area contributed by atoms with E-state index < -0.39 is 0 Å². The molecule has 0 bridgehead atoms. The van der Waals surface area contributed by atoms with E-state index in [1.807, 2.05) is 42.6 Å². The molecule has 0 saturated heterocycles. The van der Waals surface area contributed by atoms with E-state index in [2.05, 4.69) is 34.9 Å². The van der Waals surface area contributed by atoms with Crippen molar-refractivity contribution in [2.45, 2.75) is 0 Å². The topological polar surface area (TPSA) is 48.1 Å². The minimum absolute atomic E-state index is 0.148. The van der Waals surface area contributed by atoms with Crippen LogP contribution in [0.15, 0.2) is 85.1 Å². The first-order valence-corrected chi connectivity index (χ1v) is 8.39. The Morgan fingerprint density at radius 2 is 1.58 bits per heavy atom. The molecule has 0 unspecified atom stereocenters. The van der Waals surface area contributed by atoms with Crippen LogP contribution in [0.4, 0.5) is 5.69 Å². The highest BCUT2D eigenvalue weighted by atomic mass is 16.6. The number of hydrogen-bond donors (Lipinski definition) is 0. The van der Waals surface area contributed by atoms with Crippen molar-refractivity contribution in [2.24, 2.45) is 0 Å². The highest BCUT2D eigenvalue weighted by Gasteiger charge is 2.15. The molecule has 0 fully saturated rings. The Labute approximate surface area is 149 Å². The summed E-state index contributed by atoms with van der Waals surface area (Å²) in [5.74, 6) is 0. The van der Waals surface area contributed by atoms with Crippen LogP contribution in [0.2, 0.25) is 0 Å². The smallest absolute Gasteiger partial charge is 0.277 e. The lowest BCUT2D eigenvalue weighted by atomic mass is 9.99. The Bertz CT molecular complexity index is 1300. The van der Waals surface area contributed by atoms with Crippen molar-refractivity contribution in [2.75, 3.05) is 0 Å². The second-order valence-electron chi connectivity index (χ2n) is 6.35. The van der Waals surface area contributed by atoms with Gasteiger partial charge in [0.15, 0.2) is 0 Å². The van der Waals surface area contributed by atoms with Crippen molar-refractivity contribution < 1.29 is 4.92 Å². The van der Waals surface area contributed by atoms with Crippen molar-refractivity contribution in [3.63, 3.8) is 0 Å². The highest BCUT2D eigenvalue weighted by Crippen LogP contribution is 2.35. The van der Waals surface area contributed by atoms with Crippen LogP contribution in [-0.4, -0.2) is 9.49 Å². The van der Waals surface area contributed by atoms with Crippen LogP contribution in [0.25, 0.3) is 38.1 Å². The van der Waals surface area contributed by atoms with Crippen LogP contribution in [0.1, 0.15) is 0 Å². The van der Waals surface area contributed by atoms with Gasteiger partial charge in [-0.1, -0.05) is 42.5 Å². The standard InChI is InChI=1S/C22H14N2O2/c25-24(26)20-8-4-5-15-9-10-16-14-21-17(13-19(16)22(15)20)11-12-23(21)18-6-2-1-3-7-18/h1-14H. The number of non-ortho nitro benzene ring substituents is 1. The predicted octanol–water partition coefficient (Wildman–Crippen LogP) is 5.85. The summed E-state index contributed by atoms with van der Waals surface area (Å²) in [4.78, 5) is 11.2. The molecule has 0 aliphatic rings. The number of hydrogen-bond acceptors (Lipinski definition) is 2. The molecule has 4 aromatic carbocycles. The van der Waals surface area contributed by atoms with Crippen molar-refractivity contribution in [1.29, 1.82) is 0 Å². The van der Waals surface area contributed by atoms with Crippen LogP contribution in [0.5, 0.6) is 0 Å². The van der Waals surface area contributed by atoms with E-state index >= 15 is 0 Å². The lowest BCUT2D eigenvalue weighted by molar-refractivity contribution is -0.383. The first-order chi connectivity index (χ1) is 12.7. The number of para-hydroxylation sites is 1. The van der Waals surface area contributed by atoms with E-state index in [9.17, 15) is 10.1 Å². The Hall–Kier alpha value is -3.66. The predicted molar refractivity (Wildman–Crippen MR) is 105 cm³/mol. The zero-order valence-corrected chi connectivity index (χ0v) is 13.8. The van der Waals surface area contributed by atoms with E-state index in [0.717, 1.165) is 32.7 Å². The molecule has 0 N–H and O–H groups in total. The number of benzene rings is 4. The van der Waals surface area contributed by atoms with Crippen LogP contribution in [-0.2, 0) is 0 Å². The summed E-state index contributed by atoms with van der Waals surface area (Å²) in [6.07, 6.45) is 2.04. The zero-order chi connectivity index (χ0) is 17.7. The quantitative estimate of drug-likeness (QED) is 0.230. The molecule has 0 aliphatic heterocycles. The third-order valence-electron chi connectivity index (χ3n) is 4.88. The Balaban J connectivity index is 1.88. The van der Waals surface area contributed by atoms with Gasteiger partial charge in [0.1, 0.15) is 0 Å². The molecule has 1 aromatic heterocycles. The Morgan fingerprint density at radius 3 is 2.38 bits per heavy atom. The molecule has 0 atom stereocenters. The van der Waals surface area contributed by atoms with Gasteiger partial charge in [-0.15, -0.1) is 0 Å². The number of aromatic nitrogens is 1. The molecule has 0 amide bonds. The van der Waals surface area contributed by atoms with Gasteiger partial charge >= 0.3 is 0 Å². The fraction of sp³-hybridized carbons (Fsp3) is 0. The van der Waals surface area contributed by atoms with Crippen molar-refractivity contribution >= 4 is 38.1 Å². The number of rotatable bonds is 2. The lowest BCUT2D eigenvalue weighted by Crippen LogP contribution is -1.92. The summed E-state index contributed by atoms with van der Waals surface area (Å²) in [5, 5.41) is 16.1. The molecule has 0 radical (unpaired) electrons. The van der Waals surface area contributed by atoms with Crippen molar-refractivity contribution in [1.82, 2.24) is 4.57 Å². The Morgan fingerprint density at radius 1 is 0.769 bits per heavy atom. The van der Waals surface area contributed by atoms with Crippen LogP contribution < -0.4 is 0 Å². The molecule has 0 spiro atoms. The third kappa shape index (κ3) is 2.09. The fourth-order valence-corrected chi connectivity index (χ4v) is 3.69. The van der Waals surface area contributed by atoms with Gasteiger partial charge in [-0.3, -0.25) is 10.1 Å². The van der Waals surface area contributed by atoms with Gasteiger partial charge in [-0.05, 0) is 46.5 Å². The summed E-state index contributed by atoms with van der Waals surface area (Å²) in [6.45, 7) is 0. The summed E-state index contributed by atoms with van der Waals surface area (Å²) in [6, 6.07) is 25.6. The number of nitrogens with zero attached hydrogens (tertiary/aromatic N) is 2. The number of nitro benzene ring substituents is 1. The summed E-state index contributed by atoms with van der Waals surface area (Å²) in [7, 11) is 0. The minimum atomic E-state index is -0.304. The zero-order valence-electron chi connectivity index (χ0n) is 13.8. The van der Waals surface area contributed by atoms with E-state index in [1.165, 1.54) is 0 Å². The van der Waals surface area contributed by atoms with Gasteiger partial charge in [0.05, 0.1) is 15.8 Å². The van der Waals surface area contributed by atoms with Gasteiger partial charge in [-0.2, -0.15) is 0 Å². The molecule has 4 nitrogen and oxygen atoms in total. The molecule has 4 heteroatoms. The van der Waals surface area contributed by atoms with Gasteiger partial charge in [0.2, 0.25) is 0 Å². The number of fused-ring (bicyclic) bond motifs is 4. The average molecular weight is 338 g/mol. The molecule has 5 aromatic rings. The molecular formula is C22H14N2O2. The van der Waals surface area contributed by atoms with Crippen LogP contribution in [0.3, 0.4) is 0 Å². The maximum atomic E-state index is 11.5. The first kappa shape index (κ1) is 14.7. The van der Waals surface area contributed by atoms with Gasteiger partial charge in [-0.25, -0.2) is 0 Å². The summed E-state index contributed by atoms with van der Waals surface area (Å²) >= 11 is 0. The van der Waals surface area contributed by atoms with Gasteiger partial charge in [0.25, 0.3) is 5.69 Å². The fourth-order valence-electron chi connectivity index (χ4n) is 3.69. The Kier molecular flexibility index (Phi) is 3.06. The largest absolute Gasteiger partial charge is 0.317 e. The van der Waals surface area contributed by atoms with Crippen LogP contribution in [0, 0.1) is 10.1 Å². The molecule has 1 heterocycles. The highest BCUT2D eigenvalue weighted by molar-refractivity contribution is 6.15. The molecule has 0 aliphatic carbocycles. The second kappa shape index (κ2) is 5.43. The molecule has 5 rings (SSSR count). The minimum Gasteiger partial charge on any atom is -0.317 e. The normalized spacial score (nSPS) is 11.4. The van der Waals surface area contributed by atoms with Crippen LogP contribution >= 0.6 is 0 Å². The lowest BCUT2D eigenvalue weighted by Gasteiger charge is -2.08.